The number of hydrogen-bond acceptors (Lipinski definition) is 3. The summed E-state index contributed by atoms with van der Waals surface area (Å²) in [5.74, 6) is -0.337. The van der Waals surface area contributed by atoms with Gasteiger partial charge in [-0.15, -0.1) is 0 Å². The van der Waals surface area contributed by atoms with E-state index in [0.717, 1.165) is 16.7 Å². The molecule has 3 aromatic carbocycles. The van der Waals surface area contributed by atoms with E-state index in [1.807, 2.05) is 73.7 Å². The molecule has 0 atom stereocenters. The maximum atomic E-state index is 12.5. The number of ether oxygens (including phenoxy) is 1. The lowest BCUT2D eigenvalue weighted by molar-refractivity contribution is -0.136. The third-order valence-corrected chi connectivity index (χ3v) is 4.24. The first-order valence-corrected chi connectivity index (χ1v) is 9.08. The number of benzene rings is 3. The van der Waals surface area contributed by atoms with Crippen molar-refractivity contribution >= 4 is 11.5 Å². The van der Waals surface area contributed by atoms with Gasteiger partial charge in [-0.1, -0.05) is 91.0 Å². The number of hydrogen-bond donors (Lipinski definition) is 1. The van der Waals surface area contributed by atoms with Crippen molar-refractivity contribution in [2.75, 3.05) is 6.61 Å². The Hall–Kier alpha value is -3.33. The van der Waals surface area contributed by atoms with Crippen LogP contribution in [0.2, 0.25) is 0 Å². The van der Waals surface area contributed by atoms with Crippen LogP contribution in [0.15, 0.2) is 97.2 Å². The molecule has 0 bridgehead atoms. The smallest absolute Gasteiger partial charge is 0.340 e. The second-order valence-corrected chi connectivity index (χ2v) is 6.07. The Balaban J connectivity index is 1.96. The van der Waals surface area contributed by atoms with Crippen LogP contribution in [0.1, 0.15) is 29.7 Å². The van der Waals surface area contributed by atoms with E-state index in [0.29, 0.717) is 12.2 Å². The summed E-state index contributed by atoms with van der Waals surface area (Å²) in [5, 5.41) is 3.43. The van der Waals surface area contributed by atoms with Crippen molar-refractivity contribution in [3.05, 3.63) is 114 Å². The quantitative estimate of drug-likeness (QED) is 0.479. The second-order valence-electron chi connectivity index (χ2n) is 6.07. The first-order chi connectivity index (χ1) is 13.3. The fourth-order valence-corrected chi connectivity index (χ4v) is 2.93. The molecule has 0 amide bonds. The van der Waals surface area contributed by atoms with E-state index in [1.165, 1.54) is 0 Å². The second kappa shape index (κ2) is 9.39. The fourth-order valence-electron chi connectivity index (χ4n) is 2.93. The summed E-state index contributed by atoms with van der Waals surface area (Å²) < 4.78 is 5.25. The van der Waals surface area contributed by atoms with Crippen molar-refractivity contribution < 1.29 is 9.53 Å². The SMILES string of the molecule is CCOC(=O)/C(=C\NC(c1ccccc1)c1ccccc1)c1ccccc1. The number of carbonyl (C=O) groups excluding carboxylic acids is 1. The van der Waals surface area contributed by atoms with Crippen LogP contribution in [0.4, 0.5) is 0 Å². The fraction of sp³-hybridized carbons (Fsp3) is 0.125. The van der Waals surface area contributed by atoms with Crippen LogP contribution in [0.5, 0.6) is 0 Å². The van der Waals surface area contributed by atoms with Crippen LogP contribution in [0.25, 0.3) is 5.57 Å². The van der Waals surface area contributed by atoms with E-state index in [4.69, 9.17) is 4.74 Å². The van der Waals surface area contributed by atoms with Gasteiger partial charge in [-0.25, -0.2) is 4.79 Å². The highest BCUT2D eigenvalue weighted by Crippen LogP contribution is 2.23. The lowest BCUT2D eigenvalue weighted by Gasteiger charge is -2.19. The van der Waals surface area contributed by atoms with E-state index in [1.54, 1.807) is 6.20 Å². The van der Waals surface area contributed by atoms with Gasteiger partial charge in [0.2, 0.25) is 0 Å². The lowest BCUT2D eigenvalue weighted by Crippen LogP contribution is -2.19. The average Bonchev–Trinajstić information content (AvgIpc) is 2.73. The molecule has 0 saturated carbocycles. The molecule has 3 rings (SSSR count). The highest BCUT2D eigenvalue weighted by atomic mass is 16.5. The molecule has 3 heteroatoms. The zero-order chi connectivity index (χ0) is 18.9. The minimum absolute atomic E-state index is 0.0689. The first kappa shape index (κ1) is 18.5. The van der Waals surface area contributed by atoms with Gasteiger partial charge < -0.3 is 10.1 Å². The third kappa shape index (κ3) is 4.85. The van der Waals surface area contributed by atoms with Crippen LogP contribution < -0.4 is 5.32 Å². The normalized spacial score (nSPS) is 11.3. The van der Waals surface area contributed by atoms with Gasteiger partial charge >= 0.3 is 5.97 Å². The topological polar surface area (TPSA) is 38.3 Å². The van der Waals surface area contributed by atoms with Gasteiger partial charge in [0.15, 0.2) is 0 Å². The predicted molar refractivity (Wildman–Crippen MR) is 109 cm³/mol. The minimum Gasteiger partial charge on any atom is -0.462 e. The summed E-state index contributed by atoms with van der Waals surface area (Å²) in [5.41, 5.74) is 3.57. The van der Waals surface area contributed by atoms with Crippen molar-refractivity contribution in [3.63, 3.8) is 0 Å². The molecule has 0 spiro atoms. The molecule has 0 fully saturated rings. The Bertz CT molecular complexity index is 835. The summed E-state index contributed by atoms with van der Waals surface area (Å²) in [6.07, 6.45) is 1.76. The molecule has 3 aromatic rings. The average molecular weight is 357 g/mol. The predicted octanol–water partition coefficient (Wildman–Crippen LogP) is 4.97. The minimum atomic E-state index is -0.337. The molecular formula is C24H23NO2. The van der Waals surface area contributed by atoms with E-state index in [2.05, 4.69) is 29.6 Å². The molecule has 0 heterocycles. The van der Waals surface area contributed by atoms with Gasteiger partial charge in [0.1, 0.15) is 0 Å². The summed E-state index contributed by atoms with van der Waals surface area (Å²) in [6.45, 7) is 2.15. The van der Waals surface area contributed by atoms with E-state index < -0.39 is 0 Å². The largest absolute Gasteiger partial charge is 0.462 e. The molecule has 0 unspecified atom stereocenters. The molecule has 136 valence electrons. The van der Waals surface area contributed by atoms with Crippen LogP contribution >= 0.6 is 0 Å². The zero-order valence-electron chi connectivity index (χ0n) is 15.3. The van der Waals surface area contributed by atoms with Gasteiger partial charge in [0, 0.05) is 6.20 Å². The van der Waals surface area contributed by atoms with Crippen molar-refractivity contribution in [3.8, 4) is 0 Å². The molecule has 0 saturated heterocycles. The molecule has 0 aromatic heterocycles. The summed E-state index contributed by atoms with van der Waals surface area (Å²) in [7, 11) is 0. The van der Waals surface area contributed by atoms with E-state index in [-0.39, 0.29) is 12.0 Å². The van der Waals surface area contributed by atoms with Crippen LogP contribution in [-0.2, 0) is 9.53 Å². The molecule has 0 aliphatic heterocycles. The maximum absolute atomic E-state index is 12.5. The Morgan fingerprint density at radius 1 is 0.852 bits per heavy atom. The van der Waals surface area contributed by atoms with Gasteiger partial charge in [0.05, 0.1) is 18.2 Å². The molecule has 27 heavy (non-hydrogen) atoms. The zero-order valence-corrected chi connectivity index (χ0v) is 15.3. The van der Waals surface area contributed by atoms with Gasteiger partial charge in [-0.05, 0) is 23.6 Å². The monoisotopic (exact) mass is 357 g/mol. The Morgan fingerprint density at radius 3 is 1.81 bits per heavy atom. The van der Waals surface area contributed by atoms with Crippen LogP contribution in [0, 0.1) is 0 Å². The van der Waals surface area contributed by atoms with E-state index >= 15 is 0 Å². The molecule has 3 nitrogen and oxygen atoms in total. The van der Waals surface area contributed by atoms with Crippen molar-refractivity contribution in [2.45, 2.75) is 13.0 Å². The molecule has 0 radical (unpaired) electrons. The van der Waals surface area contributed by atoms with Gasteiger partial charge in [-0.2, -0.15) is 0 Å². The molecular weight excluding hydrogens is 334 g/mol. The summed E-state index contributed by atoms with van der Waals surface area (Å²) in [4.78, 5) is 12.5. The molecule has 0 aliphatic carbocycles. The van der Waals surface area contributed by atoms with Gasteiger partial charge in [-0.3, -0.25) is 0 Å². The lowest BCUT2D eigenvalue weighted by atomic mass is 9.98. The van der Waals surface area contributed by atoms with Crippen molar-refractivity contribution in [1.82, 2.24) is 5.32 Å². The van der Waals surface area contributed by atoms with Gasteiger partial charge in [0.25, 0.3) is 0 Å². The standard InChI is InChI=1S/C24H23NO2/c1-2-27-24(26)22(19-12-6-3-7-13-19)18-25-23(20-14-8-4-9-15-20)21-16-10-5-11-17-21/h3-18,23,25H,2H2,1H3/b22-18-. The number of esters is 1. The first-order valence-electron chi connectivity index (χ1n) is 9.08. The van der Waals surface area contributed by atoms with E-state index in [9.17, 15) is 4.79 Å². The highest BCUT2D eigenvalue weighted by Gasteiger charge is 2.16. The number of nitrogens with one attached hydrogen (secondary N) is 1. The van der Waals surface area contributed by atoms with Crippen LogP contribution in [-0.4, -0.2) is 12.6 Å². The molecule has 1 N–H and O–H groups in total. The summed E-state index contributed by atoms with van der Waals surface area (Å²) >= 11 is 0. The Morgan fingerprint density at radius 2 is 1.33 bits per heavy atom. The van der Waals surface area contributed by atoms with Crippen molar-refractivity contribution in [2.24, 2.45) is 0 Å². The molecule has 0 aliphatic rings. The summed E-state index contributed by atoms with van der Waals surface area (Å²) in [6, 6.07) is 29.8. The Labute approximate surface area is 160 Å². The number of rotatable bonds is 7. The van der Waals surface area contributed by atoms with Crippen LogP contribution in [0.3, 0.4) is 0 Å². The highest BCUT2D eigenvalue weighted by molar-refractivity contribution is 6.16. The Kier molecular flexibility index (Phi) is 6.42. The number of carbonyl (C=O) groups is 1. The van der Waals surface area contributed by atoms with Crippen molar-refractivity contribution in [1.29, 1.82) is 0 Å². The third-order valence-electron chi connectivity index (χ3n) is 4.24. The maximum Gasteiger partial charge on any atom is 0.340 e.